The number of amides is 1. The Morgan fingerprint density at radius 2 is 2.12 bits per heavy atom. The van der Waals surface area contributed by atoms with Crippen molar-refractivity contribution in [3.63, 3.8) is 0 Å². The predicted molar refractivity (Wildman–Crippen MR) is 120 cm³/mol. The molecule has 0 saturated heterocycles. The van der Waals surface area contributed by atoms with Crippen molar-refractivity contribution in [2.45, 2.75) is 12.8 Å². The molecule has 1 unspecified atom stereocenters. The van der Waals surface area contributed by atoms with Gasteiger partial charge in [0.15, 0.2) is 6.61 Å². The van der Waals surface area contributed by atoms with Crippen LogP contribution in [0.5, 0.6) is 11.6 Å². The minimum atomic E-state index is -0.481. The first-order valence-corrected chi connectivity index (χ1v) is 10.2. The molecule has 4 N–H and O–H groups in total. The number of halogens is 2. The maximum atomic E-state index is 12.3. The van der Waals surface area contributed by atoms with Gasteiger partial charge in [0, 0.05) is 11.3 Å². The van der Waals surface area contributed by atoms with E-state index in [0.29, 0.717) is 22.3 Å². The molecule has 2 aromatic carbocycles. The van der Waals surface area contributed by atoms with E-state index < -0.39 is 11.8 Å². The number of nitrogens with two attached hydrogens (primary N) is 1. The van der Waals surface area contributed by atoms with E-state index >= 15 is 0 Å². The van der Waals surface area contributed by atoms with E-state index in [-0.39, 0.29) is 23.1 Å². The fourth-order valence-corrected chi connectivity index (χ4v) is 3.80. The number of hydrogen-bond acceptors (Lipinski definition) is 6. The molecule has 162 valence electrons. The van der Waals surface area contributed by atoms with Crippen molar-refractivity contribution in [1.82, 2.24) is 10.2 Å². The van der Waals surface area contributed by atoms with Gasteiger partial charge in [0.25, 0.3) is 5.91 Å². The summed E-state index contributed by atoms with van der Waals surface area (Å²) in [4.78, 5) is 12.3. The Hall–Kier alpha value is -3.67. The molecular weight excluding hydrogens is 453 g/mol. The molecule has 0 spiro atoms. The normalized spacial score (nSPS) is 14.9. The number of benzene rings is 2. The topological polar surface area (TPSA) is 126 Å². The summed E-state index contributed by atoms with van der Waals surface area (Å²) in [5.41, 5.74) is 8.84. The zero-order valence-corrected chi connectivity index (χ0v) is 18.3. The van der Waals surface area contributed by atoms with Crippen LogP contribution in [0.25, 0.3) is 0 Å². The van der Waals surface area contributed by atoms with E-state index in [4.69, 9.17) is 38.4 Å². The van der Waals surface area contributed by atoms with E-state index in [2.05, 4.69) is 21.6 Å². The molecule has 1 aliphatic rings. The summed E-state index contributed by atoms with van der Waals surface area (Å²) in [6.07, 6.45) is 0. The number of aryl methyl sites for hydroxylation is 1. The van der Waals surface area contributed by atoms with Crippen LogP contribution in [0.1, 0.15) is 22.7 Å². The second kappa shape index (κ2) is 8.83. The zero-order valence-electron chi connectivity index (χ0n) is 16.8. The summed E-state index contributed by atoms with van der Waals surface area (Å²) in [5, 5.41) is 19.9. The molecule has 3 aromatic rings. The lowest BCUT2D eigenvalue weighted by atomic mass is 9.84. The van der Waals surface area contributed by atoms with Crippen LogP contribution in [-0.4, -0.2) is 22.7 Å². The van der Waals surface area contributed by atoms with Crippen LogP contribution in [0, 0.1) is 18.3 Å². The molecule has 0 saturated carbocycles. The molecule has 1 atom stereocenters. The smallest absolute Gasteiger partial charge is 0.262 e. The number of ether oxygens (including phenoxy) is 2. The zero-order chi connectivity index (χ0) is 22.8. The Morgan fingerprint density at radius 3 is 2.91 bits per heavy atom. The highest BCUT2D eigenvalue weighted by Gasteiger charge is 2.34. The summed E-state index contributed by atoms with van der Waals surface area (Å²) in [6.45, 7) is 1.59. The van der Waals surface area contributed by atoms with Gasteiger partial charge in [-0.3, -0.25) is 9.89 Å². The molecule has 1 aliphatic heterocycles. The molecular formula is C22H17Cl2N5O3. The van der Waals surface area contributed by atoms with Crippen LogP contribution in [-0.2, 0) is 4.79 Å². The lowest BCUT2D eigenvalue weighted by Gasteiger charge is -2.24. The van der Waals surface area contributed by atoms with E-state index in [1.165, 1.54) is 0 Å². The highest BCUT2D eigenvalue weighted by Crippen LogP contribution is 2.43. The van der Waals surface area contributed by atoms with Gasteiger partial charge in [0.1, 0.15) is 17.4 Å². The largest absolute Gasteiger partial charge is 0.484 e. The molecule has 0 fully saturated rings. The van der Waals surface area contributed by atoms with Crippen molar-refractivity contribution < 1.29 is 14.3 Å². The summed E-state index contributed by atoms with van der Waals surface area (Å²) in [6, 6.07) is 14.1. The first kappa shape index (κ1) is 21.6. The van der Waals surface area contributed by atoms with E-state index in [0.717, 1.165) is 16.8 Å². The van der Waals surface area contributed by atoms with Crippen LogP contribution in [0.4, 0.5) is 5.69 Å². The fraction of sp³-hybridized carbons (Fsp3) is 0.136. The number of allylic oxidation sites excluding steroid dienone is 1. The Bertz CT molecular complexity index is 1280. The quantitative estimate of drug-likeness (QED) is 0.512. The fourth-order valence-electron chi connectivity index (χ4n) is 3.45. The second-order valence-electron chi connectivity index (χ2n) is 7.00. The number of aromatic amines is 1. The average molecular weight is 470 g/mol. The Kier molecular flexibility index (Phi) is 5.95. The number of nitriles is 1. The number of fused-ring (bicyclic) bond motifs is 1. The number of nitrogens with zero attached hydrogens (tertiary/aromatic N) is 2. The summed E-state index contributed by atoms with van der Waals surface area (Å²) in [7, 11) is 0. The van der Waals surface area contributed by atoms with Crippen LogP contribution in [0.15, 0.2) is 53.9 Å². The number of rotatable bonds is 5. The Labute approximate surface area is 193 Å². The molecule has 10 heteroatoms. The van der Waals surface area contributed by atoms with Crippen molar-refractivity contribution in [3.05, 3.63) is 80.8 Å². The van der Waals surface area contributed by atoms with Crippen molar-refractivity contribution >= 4 is 34.8 Å². The molecule has 4 rings (SSSR count). The average Bonchev–Trinajstić information content (AvgIpc) is 3.14. The first-order chi connectivity index (χ1) is 15.4. The lowest BCUT2D eigenvalue weighted by Crippen LogP contribution is -2.21. The Morgan fingerprint density at radius 1 is 1.34 bits per heavy atom. The highest BCUT2D eigenvalue weighted by atomic mass is 35.5. The summed E-state index contributed by atoms with van der Waals surface area (Å²) < 4.78 is 11.1. The van der Waals surface area contributed by atoms with Gasteiger partial charge in [-0.1, -0.05) is 41.4 Å². The number of nitrogens with one attached hydrogen (secondary N) is 2. The number of H-pyrrole nitrogens is 1. The van der Waals surface area contributed by atoms with Gasteiger partial charge in [-0.2, -0.15) is 5.26 Å². The number of carbonyl (C=O) groups is 1. The van der Waals surface area contributed by atoms with Crippen molar-refractivity contribution in [1.29, 1.82) is 5.26 Å². The van der Waals surface area contributed by atoms with Crippen molar-refractivity contribution in [3.8, 4) is 17.7 Å². The summed E-state index contributed by atoms with van der Waals surface area (Å²) >= 11 is 12.1. The predicted octanol–water partition coefficient (Wildman–Crippen LogP) is 4.26. The SMILES string of the molecule is Cc1[nH]nc2c1C(c1cccc(OCC(=O)Nc3cccc(Cl)c3Cl)c1)C(C#N)=C(N)O2. The molecule has 2 heterocycles. The number of carbonyl (C=O) groups excluding carboxylic acids is 1. The third-order valence-corrected chi connectivity index (χ3v) is 5.74. The van der Waals surface area contributed by atoms with Gasteiger partial charge in [0.05, 0.1) is 21.7 Å². The molecule has 1 aromatic heterocycles. The third-order valence-electron chi connectivity index (χ3n) is 4.92. The van der Waals surface area contributed by atoms with Crippen molar-refractivity contribution in [2.24, 2.45) is 5.73 Å². The molecule has 8 nitrogen and oxygen atoms in total. The minimum absolute atomic E-state index is 0.000555. The third kappa shape index (κ3) is 4.08. The molecule has 32 heavy (non-hydrogen) atoms. The number of hydrogen-bond donors (Lipinski definition) is 3. The van der Waals surface area contributed by atoms with E-state index in [1.807, 2.05) is 13.0 Å². The van der Waals surface area contributed by atoms with E-state index in [9.17, 15) is 10.1 Å². The standard InChI is InChI=1S/C22H17Cl2N5O3/c1-11-18-19(14(9-25)21(26)32-22(18)29-28-11)12-4-2-5-13(8-12)31-10-17(30)27-16-7-3-6-15(23)20(16)24/h2-8,19H,10,26H2,1H3,(H,27,30)(H,28,29). The lowest BCUT2D eigenvalue weighted by molar-refractivity contribution is -0.118. The van der Waals surface area contributed by atoms with Crippen LogP contribution in [0.2, 0.25) is 10.0 Å². The van der Waals surface area contributed by atoms with Gasteiger partial charge in [0.2, 0.25) is 11.8 Å². The van der Waals surface area contributed by atoms with E-state index in [1.54, 1.807) is 36.4 Å². The van der Waals surface area contributed by atoms with Crippen LogP contribution < -0.4 is 20.5 Å². The van der Waals surface area contributed by atoms with Crippen molar-refractivity contribution in [2.75, 3.05) is 11.9 Å². The van der Waals surface area contributed by atoms with Gasteiger partial charge in [-0.15, -0.1) is 5.10 Å². The maximum Gasteiger partial charge on any atom is 0.262 e. The van der Waals surface area contributed by atoms with Gasteiger partial charge >= 0.3 is 0 Å². The van der Waals surface area contributed by atoms with Gasteiger partial charge < -0.3 is 20.5 Å². The number of anilines is 1. The molecule has 0 aliphatic carbocycles. The second-order valence-corrected chi connectivity index (χ2v) is 7.79. The highest BCUT2D eigenvalue weighted by molar-refractivity contribution is 6.44. The molecule has 0 bridgehead atoms. The first-order valence-electron chi connectivity index (χ1n) is 9.48. The van der Waals surface area contributed by atoms with Crippen LogP contribution in [0.3, 0.4) is 0 Å². The summed E-state index contributed by atoms with van der Waals surface area (Å²) in [5.74, 6) is -0.112. The van der Waals surface area contributed by atoms with Gasteiger partial charge in [-0.05, 0) is 36.8 Å². The minimum Gasteiger partial charge on any atom is -0.484 e. The monoisotopic (exact) mass is 469 g/mol. The maximum absolute atomic E-state index is 12.3. The molecule has 0 radical (unpaired) electrons. The van der Waals surface area contributed by atoms with Crippen LogP contribution >= 0.6 is 23.2 Å². The molecule has 1 amide bonds. The number of aromatic nitrogens is 2. The van der Waals surface area contributed by atoms with Gasteiger partial charge in [-0.25, -0.2) is 0 Å². The Balaban J connectivity index is 1.54.